The normalized spacial score (nSPS) is 12.4. The maximum absolute atomic E-state index is 6.20. The summed E-state index contributed by atoms with van der Waals surface area (Å²) in [7, 11) is 0. The van der Waals surface area contributed by atoms with E-state index in [0.29, 0.717) is 0 Å². The first-order chi connectivity index (χ1) is 7.68. The summed E-state index contributed by atoms with van der Waals surface area (Å²) >= 11 is 3.50. The van der Waals surface area contributed by atoms with E-state index in [9.17, 15) is 0 Å². The molecule has 0 amide bonds. The van der Waals surface area contributed by atoms with Gasteiger partial charge in [0.2, 0.25) is 0 Å². The molecule has 2 nitrogen and oxygen atoms in total. The summed E-state index contributed by atoms with van der Waals surface area (Å²) in [6.45, 7) is 0. The third kappa shape index (κ3) is 2.26. The lowest BCUT2D eigenvalue weighted by Crippen LogP contribution is -2.12. The van der Waals surface area contributed by atoms with E-state index in [1.807, 2.05) is 48.5 Å². The predicted molar refractivity (Wildman–Crippen MR) is 71.0 cm³/mol. The zero-order valence-corrected chi connectivity index (χ0v) is 10.3. The van der Waals surface area contributed by atoms with Gasteiger partial charge in [0, 0.05) is 10.2 Å². The molecule has 0 aliphatic rings. The third-order valence-electron chi connectivity index (χ3n) is 2.51. The standard InChI is InChI=1S/C13H13BrN2/c14-12-7-2-1-6-11(12)13(16)9-4-3-5-10(15)8-9/h1-8,13H,15-16H2. The molecule has 0 saturated carbocycles. The summed E-state index contributed by atoms with van der Waals surface area (Å²) in [4.78, 5) is 0. The maximum atomic E-state index is 6.20. The summed E-state index contributed by atoms with van der Waals surface area (Å²) in [5.74, 6) is 0. The molecule has 2 rings (SSSR count). The summed E-state index contributed by atoms with van der Waals surface area (Å²) in [6, 6.07) is 15.5. The minimum absolute atomic E-state index is 0.154. The largest absolute Gasteiger partial charge is 0.399 e. The average Bonchev–Trinajstić information content (AvgIpc) is 2.29. The van der Waals surface area contributed by atoms with Crippen LogP contribution in [-0.2, 0) is 0 Å². The second-order valence-electron chi connectivity index (χ2n) is 3.67. The van der Waals surface area contributed by atoms with Gasteiger partial charge in [0.1, 0.15) is 0 Å². The molecule has 2 aromatic carbocycles. The van der Waals surface area contributed by atoms with Gasteiger partial charge in [-0.05, 0) is 29.3 Å². The highest BCUT2D eigenvalue weighted by molar-refractivity contribution is 9.10. The van der Waals surface area contributed by atoms with Crippen LogP contribution in [0, 0.1) is 0 Å². The first-order valence-electron chi connectivity index (χ1n) is 5.04. The van der Waals surface area contributed by atoms with E-state index < -0.39 is 0 Å². The molecule has 1 atom stereocenters. The number of hydrogen-bond acceptors (Lipinski definition) is 2. The van der Waals surface area contributed by atoms with Crippen molar-refractivity contribution in [1.29, 1.82) is 0 Å². The monoisotopic (exact) mass is 276 g/mol. The van der Waals surface area contributed by atoms with E-state index in [0.717, 1.165) is 21.3 Å². The maximum Gasteiger partial charge on any atom is 0.0563 e. The van der Waals surface area contributed by atoms with Crippen LogP contribution in [-0.4, -0.2) is 0 Å². The van der Waals surface area contributed by atoms with Crippen molar-refractivity contribution in [2.45, 2.75) is 6.04 Å². The van der Waals surface area contributed by atoms with Gasteiger partial charge in [0.15, 0.2) is 0 Å². The molecule has 16 heavy (non-hydrogen) atoms. The van der Waals surface area contributed by atoms with E-state index >= 15 is 0 Å². The van der Waals surface area contributed by atoms with Crippen molar-refractivity contribution < 1.29 is 0 Å². The topological polar surface area (TPSA) is 52.0 Å². The number of nitrogen functional groups attached to an aromatic ring is 1. The molecule has 0 spiro atoms. The summed E-state index contributed by atoms with van der Waals surface area (Å²) in [5, 5.41) is 0. The van der Waals surface area contributed by atoms with Crippen molar-refractivity contribution in [3.8, 4) is 0 Å². The van der Waals surface area contributed by atoms with Crippen LogP contribution >= 0.6 is 15.9 Å². The quantitative estimate of drug-likeness (QED) is 0.829. The predicted octanol–water partition coefficient (Wildman–Crippen LogP) is 3.08. The Morgan fingerprint density at radius 1 is 1.00 bits per heavy atom. The van der Waals surface area contributed by atoms with Crippen LogP contribution in [0.4, 0.5) is 5.69 Å². The Balaban J connectivity index is 2.39. The van der Waals surface area contributed by atoms with E-state index in [-0.39, 0.29) is 6.04 Å². The molecule has 2 aromatic rings. The van der Waals surface area contributed by atoms with E-state index in [2.05, 4.69) is 15.9 Å². The number of hydrogen-bond donors (Lipinski definition) is 2. The fourth-order valence-corrected chi connectivity index (χ4v) is 2.19. The summed E-state index contributed by atoms with van der Waals surface area (Å²) < 4.78 is 1.02. The molecular weight excluding hydrogens is 264 g/mol. The molecule has 0 saturated heterocycles. The molecule has 0 radical (unpaired) electrons. The second kappa shape index (κ2) is 4.68. The smallest absolute Gasteiger partial charge is 0.0563 e. The van der Waals surface area contributed by atoms with Gasteiger partial charge in [-0.1, -0.05) is 46.3 Å². The Labute approximate surface area is 103 Å². The first-order valence-corrected chi connectivity index (χ1v) is 5.83. The fraction of sp³-hybridized carbons (Fsp3) is 0.0769. The van der Waals surface area contributed by atoms with Crippen molar-refractivity contribution in [3.63, 3.8) is 0 Å². The lowest BCUT2D eigenvalue weighted by atomic mass is 9.99. The summed E-state index contributed by atoms with van der Waals surface area (Å²) in [6.07, 6.45) is 0. The van der Waals surface area contributed by atoms with Crippen LogP contribution in [0.15, 0.2) is 53.0 Å². The molecule has 1 unspecified atom stereocenters. The Hall–Kier alpha value is -1.32. The number of rotatable bonds is 2. The van der Waals surface area contributed by atoms with Crippen LogP contribution in [0.1, 0.15) is 17.2 Å². The molecule has 0 fully saturated rings. The number of anilines is 1. The van der Waals surface area contributed by atoms with E-state index in [4.69, 9.17) is 11.5 Å². The van der Waals surface area contributed by atoms with Crippen molar-refractivity contribution in [3.05, 3.63) is 64.1 Å². The van der Waals surface area contributed by atoms with Crippen molar-refractivity contribution in [2.75, 3.05) is 5.73 Å². The van der Waals surface area contributed by atoms with Gasteiger partial charge >= 0.3 is 0 Å². The van der Waals surface area contributed by atoms with Crippen LogP contribution < -0.4 is 11.5 Å². The zero-order valence-electron chi connectivity index (χ0n) is 8.73. The number of halogens is 1. The molecule has 0 aliphatic heterocycles. The van der Waals surface area contributed by atoms with Gasteiger partial charge in [0.25, 0.3) is 0 Å². The van der Waals surface area contributed by atoms with E-state index in [1.54, 1.807) is 0 Å². The highest BCUT2D eigenvalue weighted by Crippen LogP contribution is 2.27. The molecule has 3 heteroatoms. The van der Waals surface area contributed by atoms with Crippen molar-refractivity contribution in [1.82, 2.24) is 0 Å². The van der Waals surface area contributed by atoms with Gasteiger partial charge in [-0.15, -0.1) is 0 Å². The zero-order chi connectivity index (χ0) is 11.5. The lowest BCUT2D eigenvalue weighted by molar-refractivity contribution is 0.866. The van der Waals surface area contributed by atoms with Crippen LogP contribution in [0.2, 0.25) is 0 Å². The van der Waals surface area contributed by atoms with Gasteiger partial charge in [-0.25, -0.2) is 0 Å². The molecule has 82 valence electrons. The Bertz CT molecular complexity index is 497. The summed E-state index contributed by atoms with van der Waals surface area (Å²) in [5.41, 5.74) is 14.8. The fourth-order valence-electron chi connectivity index (χ4n) is 1.66. The van der Waals surface area contributed by atoms with Gasteiger partial charge in [0.05, 0.1) is 6.04 Å². The van der Waals surface area contributed by atoms with Crippen LogP contribution in [0.3, 0.4) is 0 Å². The average molecular weight is 277 g/mol. The molecule has 0 heterocycles. The first kappa shape index (κ1) is 11.2. The molecule has 0 bridgehead atoms. The van der Waals surface area contributed by atoms with Crippen molar-refractivity contribution >= 4 is 21.6 Å². The van der Waals surface area contributed by atoms with E-state index in [1.165, 1.54) is 0 Å². The van der Waals surface area contributed by atoms with Gasteiger partial charge < -0.3 is 11.5 Å². The Kier molecular flexibility index (Phi) is 3.27. The van der Waals surface area contributed by atoms with Crippen LogP contribution in [0.25, 0.3) is 0 Å². The van der Waals surface area contributed by atoms with Crippen molar-refractivity contribution in [2.24, 2.45) is 5.73 Å². The highest BCUT2D eigenvalue weighted by Gasteiger charge is 2.11. The Morgan fingerprint density at radius 2 is 1.75 bits per heavy atom. The van der Waals surface area contributed by atoms with Crippen LogP contribution in [0.5, 0.6) is 0 Å². The van der Waals surface area contributed by atoms with Gasteiger partial charge in [-0.2, -0.15) is 0 Å². The highest BCUT2D eigenvalue weighted by atomic mass is 79.9. The SMILES string of the molecule is Nc1cccc(C(N)c2ccccc2Br)c1. The minimum Gasteiger partial charge on any atom is -0.399 e. The molecule has 0 aliphatic carbocycles. The molecule has 4 N–H and O–H groups in total. The molecular formula is C13H13BrN2. The second-order valence-corrected chi connectivity index (χ2v) is 4.52. The third-order valence-corrected chi connectivity index (χ3v) is 3.23. The lowest BCUT2D eigenvalue weighted by Gasteiger charge is -2.14. The Morgan fingerprint density at radius 3 is 2.44 bits per heavy atom. The number of benzene rings is 2. The number of nitrogens with two attached hydrogens (primary N) is 2. The molecule has 0 aromatic heterocycles. The van der Waals surface area contributed by atoms with Gasteiger partial charge in [-0.3, -0.25) is 0 Å². The minimum atomic E-state index is -0.154.